The van der Waals surface area contributed by atoms with Gasteiger partial charge in [-0.3, -0.25) is 4.79 Å². The normalized spacial score (nSPS) is 18.3. The highest BCUT2D eigenvalue weighted by Gasteiger charge is 2.39. The molecule has 0 amide bonds. The summed E-state index contributed by atoms with van der Waals surface area (Å²) in [4.78, 5) is 12.6. The molecule has 1 fully saturated rings. The van der Waals surface area contributed by atoms with Crippen LogP contribution in [-0.2, 0) is 16.0 Å². The lowest BCUT2D eigenvalue weighted by atomic mass is 9.79. The van der Waals surface area contributed by atoms with Crippen molar-refractivity contribution >= 4 is 29.0 Å². The summed E-state index contributed by atoms with van der Waals surface area (Å²) >= 11 is 12.1. The van der Waals surface area contributed by atoms with Crippen molar-refractivity contribution in [3.05, 3.63) is 33.8 Å². The average molecular weight is 301 g/mol. The quantitative estimate of drug-likeness (QED) is 0.821. The molecular weight excluding hydrogens is 283 g/mol. The van der Waals surface area contributed by atoms with Gasteiger partial charge in [-0.25, -0.2) is 0 Å². The Balaban J connectivity index is 2.17. The molecule has 0 radical (unpaired) electrons. The van der Waals surface area contributed by atoms with Gasteiger partial charge in [0.05, 0.1) is 0 Å². The van der Waals surface area contributed by atoms with Crippen molar-refractivity contribution in [1.82, 2.24) is 0 Å². The minimum absolute atomic E-state index is 0.110. The standard InChI is InChI=1S/C15H18Cl2O2/c1-19-15(7-3-2-4-8-15)14(18)10-11-9-12(16)5-6-13(11)17/h5-6,9H,2-4,7-8,10H2,1H3. The predicted octanol–water partition coefficient (Wildman–Crippen LogP) is 4.45. The Morgan fingerprint density at radius 1 is 1.26 bits per heavy atom. The Labute approximate surface area is 124 Å². The third kappa shape index (κ3) is 3.31. The Bertz CT molecular complexity index is 465. The molecule has 0 saturated heterocycles. The fourth-order valence-corrected chi connectivity index (χ4v) is 3.11. The number of carbonyl (C=O) groups excluding carboxylic acids is 1. The molecule has 1 aromatic carbocycles. The zero-order chi connectivity index (χ0) is 13.9. The zero-order valence-electron chi connectivity index (χ0n) is 11.0. The molecule has 1 aliphatic carbocycles. The van der Waals surface area contributed by atoms with Gasteiger partial charge in [0.25, 0.3) is 0 Å². The number of hydrogen-bond acceptors (Lipinski definition) is 2. The van der Waals surface area contributed by atoms with Crippen LogP contribution in [-0.4, -0.2) is 18.5 Å². The van der Waals surface area contributed by atoms with Gasteiger partial charge in [-0.2, -0.15) is 0 Å². The third-order valence-corrected chi connectivity index (χ3v) is 4.52. The second kappa shape index (κ2) is 6.25. The molecule has 1 aliphatic rings. The number of ketones is 1. The van der Waals surface area contributed by atoms with Crippen LogP contribution in [0.5, 0.6) is 0 Å². The number of hydrogen-bond donors (Lipinski definition) is 0. The van der Waals surface area contributed by atoms with Crippen molar-refractivity contribution in [3.63, 3.8) is 0 Å². The van der Waals surface area contributed by atoms with Gasteiger partial charge in [0.2, 0.25) is 0 Å². The maximum atomic E-state index is 12.6. The molecule has 19 heavy (non-hydrogen) atoms. The molecule has 1 aromatic rings. The van der Waals surface area contributed by atoms with Crippen LogP contribution >= 0.6 is 23.2 Å². The van der Waals surface area contributed by atoms with Crippen molar-refractivity contribution in [2.75, 3.05) is 7.11 Å². The summed E-state index contributed by atoms with van der Waals surface area (Å²) < 4.78 is 5.56. The van der Waals surface area contributed by atoms with E-state index < -0.39 is 5.60 Å². The van der Waals surface area contributed by atoms with Crippen LogP contribution in [0.25, 0.3) is 0 Å². The van der Waals surface area contributed by atoms with Crippen LogP contribution in [0.4, 0.5) is 0 Å². The summed E-state index contributed by atoms with van der Waals surface area (Å²) in [6.45, 7) is 0. The summed E-state index contributed by atoms with van der Waals surface area (Å²) in [7, 11) is 1.63. The number of Topliss-reactive ketones (excluding diaryl/α,β-unsaturated/α-hetero) is 1. The third-order valence-electron chi connectivity index (χ3n) is 3.92. The maximum absolute atomic E-state index is 12.6. The molecule has 0 heterocycles. The van der Waals surface area contributed by atoms with E-state index >= 15 is 0 Å². The first-order valence-electron chi connectivity index (χ1n) is 6.60. The molecule has 0 aliphatic heterocycles. The van der Waals surface area contributed by atoms with E-state index in [1.165, 1.54) is 6.42 Å². The topological polar surface area (TPSA) is 26.3 Å². The molecule has 0 spiro atoms. The van der Waals surface area contributed by atoms with Gasteiger partial charge >= 0.3 is 0 Å². The molecule has 4 heteroatoms. The van der Waals surface area contributed by atoms with E-state index in [0.29, 0.717) is 10.0 Å². The van der Waals surface area contributed by atoms with Crippen molar-refractivity contribution < 1.29 is 9.53 Å². The number of methoxy groups -OCH3 is 1. The lowest BCUT2D eigenvalue weighted by molar-refractivity contribution is -0.144. The molecular formula is C15H18Cl2O2. The van der Waals surface area contributed by atoms with Gasteiger partial charge in [0, 0.05) is 23.6 Å². The van der Waals surface area contributed by atoms with Crippen molar-refractivity contribution in [1.29, 1.82) is 0 Å². The second-order valence-corrected chi connectivity index (χ2v) is 5.94. The molecule has 1 saturated carbocycles. The van der Waals surface area contributed by atoms with E-state index in [1.54, 1.807) is 25.3 Å². The smallest absolute Gasteiger partial charge is 0.169 e. The first kappa shape index (κ1) is 14.8. The van der Waals surface area contributed by atoms with Crippen LogP contribution in [0.15, 0.2) is 18.2 Å². The number of carbonyl (C=O) groups is 1. The number of ether oxygens (including phenoxy) is 1. The first-order chi connectivity index (χ1) is 9.07. The summed E-state index contributed by atoms with van der Waals surface area (Å²) in [5.74, 6) is 0.110. The number of benzene rings is 1. The van der Waals surface area contributed by atoms with Gasteiger partial charge in [0.1, 0.15) is 5.60 Å². The van der Waals surface area contributed by atoms with Crippen molar-refractivity contribution in [2.45, 2.75) is 44.1 Å². The summed E-state index contributed by atoms with van der Waals surface area (Å²) in [5.41, 5.74) is 0.158. The fraction of sp³-hybridized carbons (Fsp3) is 0.533. The predicted molar refractivity (Wildman–Crippen MR) is 78.0 cm³/mol. The minimum Gasteiger partial charge on any atom is -0.370 e. The number of halogens is 2. The van der Waals surface area contributed by atoms with Crippen LogP contribution in [0.2, 0.25) is 10.0 Å². The highest BCUT2D eigenvalue weighted by molar-refractivity contribution is 6.33. The SMILES string of the molecule is COC1(C(=O)Cc2cc(Cl)ccc2Cl)CCCCC1. The van der Waals surface area contributed by atoms with Gasteiger partial charge in [0.15, 0.2) is 5.78 Å². The van der Waals surface area contributed by atoms with Gasteiger partial charge in [-0.05, 0) is 36.6 Å². The molecule has 2 nitrogen and oxygen atoms in total. The summed E-state index contributed by atoms with van der Waals surface area (Å²) in [5, 5.41) is 1.18. The lowest BCUT2D eigenvalue weighted by Gasteiger charge is -2.34. The first-order valence-corrected chi connectivity index (χ1v) is 7.35. The zero-order valence-corrected chi connectivity index (χ0v) is 12.6. The molecule has 2 rings (SSSR count). The molecule has 104 valence electrons. The molecule has 0 N–H and O–H groups in total. The van der Waals surface area contributed by atoms with E-state index in [0.717, 1.165) is 31.2 Å². The van der Waals surface area contributed by atoms with Gasteiger partial charge in [-0.15, -0.1) is 0 Å². The van der Waals surface area contributed by atoms with Gasteiger partial charge < -0.3 is 4.74 Å². The molecule has 0 bridgehead atoms. The van der Waals surface area contributed by atoms with E-state index in [1.807, 2.05) is 0 Å². The van der Waals surface area contributed by atoms with E-state index in [2.05, 4.69) is 0 Å². The molecule has 0 atom stereocenters. The van der Waals surface area contributed by atoms with Crippen LogP contribution < -0.4 is 0 Å². The lowest BCUT2D eigenvalue weighted by Crippen LogP contribution is -2.43. The highest BCUT2D eigenvalue weighted by Crippen LogP contribution is 2.33. The number of rotatable bonds is 4. The Hall–Kier alpha value is -0.570. The molecule has 0 aromatic heterocycles. The minimum atomic E-state index is -0.621. The summed E-state index contributed by atoms with van der Waals surface area (Å²) in [6.07, 6.45) is 5.16. The van der Waals surface area contributed by atoms with Gasteiger partial charge in [-0.1, -0.05) is 42.5 Å². The Kier molecular flexibility index (Phi) is 4.88. The van der Waals surface area contributed by atoms with Crippen LogP contribution in [0.3, 0.4) is 0 Å². The average Bonchev–Trinajstić information content (AvgIpc) is 2.43. The van der Waals surface area contributed by atoms with Crippen LogP contribution in [0, 0.1) is 0 Å². The second-order valence-electron chi connectivity index (χ2n) is 5.09. The Morgan fingerprint density at radius 2 is 1.95 bits per heavy atom. The van der Waals surface area contributed by atoms with Crippen molar-refractivity contribution in [2.24, 2.45) is 0 Å². The Morgan fingerprint density at radius 3 is 2.58 bits per heavy atom. The van der Waals surface area contributed by atoms with Crippen LogP contribution in [0.1, 0.15) is 37.7 Å². The molecule has 0 unspecified atom stereocenters. The van der Waals surface area contributed by atoms with E-state index in [4.69, 9.17) is 27.9 Å². The van der Waals surface area contributed by atoms with E-state index in [9.17, 15) is 4.79 Å². The highest BCUT2D eigenvalue weighted by atomic mass is 35.5. The maximum Gasteiger partial charge on any atom is 0.169 e. The largest absolute Gasteiger partial charge is 0.370 e. The van der Waals surface area contributed by atoms with Crippen molar-refractivity contribution in [3.8, 4) is 0 Å². The van der Waals surface area contributed by atoms with E-state index in [-0.39, 0.29) is 12.2 Å². The fourth-order valence-electron chi connectivity index (χ4n) is 2.73. The summed E-state index contributed by atoms with van der Waals surface area (Å²) in [6, 6.07) is 5.21. The monoisotopic (exact) mass is 300 g/mol.